The summed E-state index contributed by atoms with van der Waals surface area (Å²) in [6.07, 6.45) is -0.331. The zero-order valence-electron chi connectivity index (χ0n) is 14.1. The van der Waals surface area contributed by atoms with Crippen LogP contribution in [0.5, 0.6) is 0 Å². The van der Waals surface area contributed by atoms with Gasteiger partial charge in [-0.1, -0.05) is 6.07 Å². The third-order valence-corrected chi connectivity index (χ3v) is 3.61. The van der Waals surface area contributed by atoms with Crippen molar-refractivity contribution in [3.63, 3.8) is 0 Å². The number of halogens is 1. The third-order valence-electron chi connectivity index (χ3n) is 3.51. The van der Waals surface area contributed by atoms with Crippen LogP contribution in [-0.4, -0.2) is 47.9 Å². The zero-order valence-corrected chi connectivity index (χ0v) is 15.0. The molecule has 8 heteroatoms. The van der Waals surface area contributed by atoms with E-state index in [1.165, 1.54) is 6.07 Å². The van der Waals surface area contributed by atoms with Gasteiger partial charge in [0.2, 0.25) is 0 Å². The molecule has 0 spiro atoms. The average molecular weight is 354 g/mol. The summed E-state index contributed by atoms with van der Waals surface area (Å²) in [5.41, 5.74) is 5.89. The largest absolute Gasteiger partial charge is 0.444 e. The van der Waals surface area contributed by atoms with Crippen molar-refractivity contribution in [3.8, 4) is 0 Å². The summed E-state index contributed by atoms with van der Waals surface area (Å²) in [6, 6.07) is 4.78. The number of hydrogen-bond donors (Lipinski definition) is 2. The minimum atomic E-state index is -0.523. The maximum absolute atomic E-state index is 14.1. The molecule has 0 radical (unpaired) electrons. The lowest BCUT2D eigenvalue weighted by molar-refractivity contribution is 0.0240. The fourth-order valence-corrected chi connectivity index (χ4v) is 2.58. The first-order chi connectivity index (χ1) is 11.2. The van der Waals surface area contributed by atoms with E-state index in [1.54, 1.807) is 17.0 Å². The van der Waals surface area contributed by atoms with Crippen LogP contribution in [0.1, 0.15) is 20.8 Å². The summed E-state index contributed by atoms with van der Waals surface area (Å²) < 4.78 is 19.4. The van der Waals surface area contributed by atoms with E-state index in [1.807, 2.05) is 25.7 Å². The van der Waals surface area contributed by atoms with Gasteiger partial charge in [0.05, 0.1) is 5.69 Å². The number of carbonyl (C=O) groups is 1. The maximum atomic E-state index is 14.1. The van der Waals surface area contributed by atoms with Crippen molar-refractivity contribution in [2.75, 3.05) is 36.4 Å². The number of nitrogens with one attached hydrogen (secondary N) is 1. The second-order valence-electron chi connectivity index (χ2n) is 6.58. The summed E-state index contributed by atoms with van der Waals surface area (Å²) in [5.74, 6) is -0.421. The fourth-order valence-electron chi connectivity index (χ4n) is 2.48. The highest BCUT2D eigenvalue weighted by Gasteiger charge is 2.27. The fraction of sp³-hybridized carbons (Fsp3) is 0.500. The Hall–Kier alpha value is -2.09. The van der Waals surface area contributed by atoms with E-state index in [2.05, 4.69) is 5.32 Å². The molecular weight excluding hydrogens is 331 g/mol. The van der Waals surface area contributed by atoms with Crippen LogP contribution < -0.4 is 16.0 Å². The van der Waals surface area contributed by atoms with Gasteiger partial charge in [-0.2, -0.15) is 0 Å². The minimum Gasteiger partial charge on any atom is -0.444 e. The molecule has 3 N–H and O–H groups in total. The van der Waals surface area contributed by atoms with Gasteiger partial charge >= 0.3 is 6.09 Å². The average Bonchev–Trinajstić information content (AvgIpc) is 2.47. The molecule has 0 aliphatic carbocycles. The first-order valence-corrected chi connectivity index (χ1v) is 8.16. The number of nitrogens with zero attached hydrogens (tertiary/aromatic N) is 2. The van der Waals surface area contributed by atoms with Crippen LogP contribution in [0.3, 0.4) is 0 Å². The zero-order chi connectivity index (χ0) is 17.9. The molecule has 0 atom stereocenters. The SMILES string of the molecule is CC(C)(C)OC(=O)N1CCN(c2cccc(F)c2NC(N)=S)CC1. The first kappa shape index (κ1) is 18.3. The van der Waals surface area contributed by atoms with Gasteiger partial charge in [0.15, 0.2) is 5.11 Å². The lowest BCUT2D eigenvalue weighted by Crippen LogP contribution is -2.50. The highest BCUT2D eigenvalue weighted by molar-refractivity contribution is 7.80. The van der Waals surface area contributed by atoms with E-state index in [0.717, 1.165) is 0 Å². The van der Waals surface area contributed by atoms with Gasteiger partial charge in [0.1, 0.15) is 17.1 Å². The molecule has 1 aromatic rings. The van der Waals surface area contributed by atoms with Crippen LogP contribution >= 0.6 is 12.2 Å². The Kier molecular flexibility index (Phi) is 5.48. The molecule has 1 heterocycles. The number of thiocarbonyl (C=S) groups is 1. The summed E-state index contributed by atoms with van der Waals surface area (Å²) in [5, 5.41) is 2.70. The number of piperazine rings is 1. The summed E-state index contributed by atoms with van der Waals surface area (Å²) in [6.45, 7) is 7.63. The van der Waals surface area contributed by atoms with Crippen LogP contribution in [0.2, 0.25) is 0 Å². The monoisotopic (exact) mass is 354 g/mol. The van der Waals surface area contributed by atoms with Gasteiger partial charge in [-0.25, -0.2) is 9.18 Å². The number of carbonyl (C=O) groups excluding carboxylic acids is 1. The lowest BCUT2D eigenvalue weighted by atomic mass is 10.2. The molecule has 6 nitrogen and oxygen atoms in total. The molecule has 0 bridgehead atoms. The molecule has 1 aliphatic heterocycles. The van der Waals surface area contributed by atoms with Gasteiger partial charge < -0.3 is 25.6 Å². The van der Waals surface area contributed by atoms with Gasteiger partial charge in [-0.15, -0.1) is 0 Å². The standard InChI is InChI=1S/C16H23FN4O2S/c1-16(2,3)23-15(22)21-9-7-20(8-10-21)12-6-4-5-11(17)13(12)19-14(18)24/h4-6H,7-10H2,1-3H3,(H3,18,19,24). The number of anilines is 2. The molecule has 24 heavy (non-hydrogen) atoms. The van der Waals surface area contributed by atoms with Crippen molar-refractivity contribution in [2.45, 2.75) is 26.4 Å². The maximum Gasteiger partial charge on any atom is 0.410 e. The van der Waals surface area contributed by atoms with E-state index in [-0.39, 0.29) is 16.9 Å². The Morgan fingerprint density at radius 3 is 2.46 bits per heavy atom. The number of amides is 1. The van der Waals surface area contributed by atoms with Crippen molar-refractivity contribution in [1.82, 2.24) is 4.90 Å². The third kappa shape index (κ3) is 4.70. The molecule has 2 rings (SSSR count). The van der Waals surface area contributed by atoms with Crippen molar-refractivity contribution in [3.05, 3.63) is 24.0 Å². The first-order valence-electron chi connectivity index (χ1n) is 7.75. The second kappa shape index (κ2) is 7.21. The van der Waals surface area contributed by atoms with E-state index in [0.29, 0.717) is 31.9 Å². The van der Waals surface area contributed by atoms with Crippen LogP contribution in [0.25, 0.3) is 0 Å². The van der Waals surface area contributed by atoms with E-state index >= 15 is 0 Å². The number of hydrogen-bond acceptors (Lipinski definition) is 4. The molecular formula is C16H23FN4O2S. The van der Waals surface area contributed by atoms with Crippen molar-refractivity contribution in [1.29, 1.82) is 0 Å². The van der Waals surface area contributed by atoms with Crippen LogP contribution in [0, 0.1) is 5.82 Å². The topological polar surface area (TPSA) is 70.8 Å². The quantitative estimate of drug-likeness (QED) is 0.796. The Morgan fingerprint density at radius 2 is 1.92 bits per heavy atom. The molecule has 0 saturated carbocycles. The Balaban J connectivity index is 2.06. The highest BCUT2D eigenvalue weighted by atomic mass is 32.1. The van der Waals surface area contributed by atoms with E-state index < -0.39 is 11.4 Å². The predicted octanol–water partition coefficient (Wildman–Crippen LogP) is 2.54. The number of para-hydroxylation sites is 1. The number of rotatable bonds is 2. The van der Waals surface area contributed by atoms with E-state index in [4.69, 9.17) is 22.7 Å². The molecule has 1 aromatic carbocycles. The van der Waals surface area contributed by atoms with Crippen LogP contribution in [0.15, 0.2) is 18.2 Å². The summed E-state index contributed by atoms with van der Waals surface area (Å²) in [7, 11) is 0. The Labute approximate surface area is 146 Å². The molecule has 0 unspecified atom stereocenters. The normalized spacial score (nSPS) is 15.2. The smallest absolute Gasteiger partial charge is 0.410 e. The molecule has 1 fully saturated rings. The van der Waals surface area contributed by atoms with Crippen LogP contribution in [-0.2, 0) is 4.74 Å². The predicted molar refractivity (Wildman–Crippen MR) is 96.8 cm³/mol. The minimum absolute atomic E-state index is 0.00809. The van der Waals surface area contributed by atoms with Crippen molar-refractivity contribution in [2.24, 2.45) is 5.73 Å². The summed E-state index contributed by atoms with van der Waals surface area (Å²) >= 11 is 4.81. The number of benzene rings is 1. The number of nitrogens with two attached hydrogens (primary N) is 1. The molecule has 1 amide bonds. The second-order valence-corrected chi connectivity index (χ2v) is 7.02. The molecule has 1 aliphatic rings. The Morgan fingerprint density at radius 1 is 1.29 bits per heavy atom. The summed E-state index contributed by atoms with van der Waals surface area (Å²) in [4.78, 5) is 15.7. The van der Waals surface area contributed by atoms with Crippen molar-refractivity contribution >= 4 is 34.8 Å². The van der Waals surface area contributed by atoms with Gasteiger partial charge in [-0.05, 0) is 45.1 Å². The van der Waals surface area contributed by atoms with Crippen LogP contribution in [0.4, 0.5) is 20.6 Å². The molecule has 1 saturated heterocycles. The number of ether oxygens (including phenoxy) is 1. The lowest BCUT2D eigenvalue weighted by Gasteiger charge is -2.37. The highest BCUT2D eigenvalue weighted by Crippen LogP contribution is 2.29. The Bertz CT molecular complexity index is 625. The van der Waals surface area contributed by atoms with Gasteiger partial charge in [0.25, 0.3) is 0 Å². The van der Waals surface area contributed by atoms with Crippen molar-refractivity contribution < 1.29 is 13.9 Å². The van der Waals surface area contributed by atoms with E-state index in [9.17, 15) is 9.18 Å². The van der Waals surface area contributed by atoms with Gasteiger partial charge in [-0.3, -0.25) is 0 Å². The molecule has 132 valence electrons. The molecule has 0 aromatic heterocycles. The van der Waals surface area contributed by atoms with Gasteiger partial charge in [0, 0.05) is 26.2 Å².